The maximum Gasteiger partial charge on any atom is 0.573 e. The molecule has 7 heteroatoms. The highest BCUT2D eigenvalue weighted by molar-refractivity contribution is 5.36. The van der Waals surface area contributed by atoms with E-state index in [4.69, 9.17) is 4.74 Å². The lowest BCUT2D eigenvalue weighted by molar-refractivity contribution is -0.275. The Morgan fingerprint density at radius 3 is 2.56 bits per heavy atom. The second-order valence-electron chi connectivity index (χ2n) is 6.90. The van der Waals surface area contributed by atoms with Crippen LogP contribution in [0.5, 0.6) is 5.75 Å². The van der Waals surface area contributed by atoms with Crippen molar-refractivity contribution in [3.63, 3.8) is 0 Å². The SMILES string of the molecule is OCC(NC1CCC2(CCCO2)CC1)c1ccccc1OC(F)(F)F. The van der Waals surface area contributed by atoms with E-state index in [1.54, 1.807) is 12.1 Å². The molecule has 2 aliphatic rings. The quantitative estimate of drug-likeness (QED) is 0.842. The van der Waals surface area contributed by atoms with Crippen LogP contribution in [0.25, 0.3) is 0 Å². The van der Waals surface area contributed by atoms with Crippen LogP contribution in [0, 0.1) is 0 Å². The summed E-state index contributed by atoms with van der Waals surface area (Å²) in [6, 6.07) is 5.51. The second-order valence-corrected chi connectivity index (χ2v) is 6.90. The Balaban J connectivity index is 1.65. The molecule has 2 N–H and O–H groups in total. The zero-order chi connectivity index (χ0) is 17.9. The van der Waals surface area contributed by atoms with Crippen LogP contribution in [-0.4, -0.2) is 36.3 Å². The molecule has 1 spiro atoms. The van der Waals surface area contributed by atoms with Gasteiger partial charge in [0.1, 0.15) is 5.75 Å². The number of aliphatic hydroxyl groups is 1. The highest BCUT2D eigenvalue weighted by Crippen LogP contribution is 2.40. The highest BCUT2D eigenvalue weighted by Gasteiger charge is 2.39. The first kappa shape index (κ1) is 18.5. The van der Waals surface area contributed by atoms with Crippen molar-refractivity contribution in [3.8, 4) is 5.75 Å². The number of alkyl halides is 3. The largest absolute Gasteiger partial charge is 0.573 e. The molecular weight excluding hydrogens is 335 g/mol. The molecule has 1 aromatic carbocycles. The first-order chi connectivity index (χ1) is 11.9. The Labute approximate surface area is 145 Å². The summed E-state index contributed by atoms with van der Waals surface area (Å²) >= 11 is 0. The van der Waals surface area contributed by atoms with Crippen LogP contribution in [-0.2, 0) is 4.74 Å². The summed E-state index contributed by atoms with van der Waals surface area (Å²) in [6.45, 7) is 0.524. The molecule has 0 amide bonds. The Kier molecular flexibility index (Phi) is 5.55. The molecule has 1 aliphatic heterocycles. The van der Waals surface area contributed by atoms with Gasteiger partial charge in [-0.25, -0.2) is 0 Å². The molecule has 4 nitrogen and oxygen atoms in total. The molecule has 2 fully saturated rings. The number of hydrogen-bond donors (Lipinski definition) is 2. The summed E-state index contributed by atoms with van der Waals surface area (Å²) in [4.78, 5) is 0. The van der Waals surface area contributed by atoms with Gasteiger partial charge in [-0.3, -0.25) is 0 Å². The normalized spacial score (nSPS) is 28.2. The first-order valence-corrected chi connectivity index (χ1v) is 8.76. The number of rotatable bonds is 5. The number of benzene rings is 1. The molecular formula is C18H24F3NO3. The smallest absolute Gasteiger partial charge is 0.405 e. The van der Waals surface area contributed by atoms with E-state index in [2.05, 4.69) is 10.1 Å². The fourth-order valence-corrected chi connectivity index (χ4v) is 3.97. The number of aliphatic hydroxyl groups excluding tert-OH is 1. The average molecular weight is 359 g/mol. The molecule has 0 bridgehead atoms. The molecule has 1 aromatic rings. The van der Waals surface area contributed by atoms with Gasteiger partial charge in [0.05, 0.1) is 18.2 Å². The number of hydrogen-bond acceptors (Lipinski definition) is 4. The van der Waals surface area contributed by atoms with Crippen molar-refractivity contribution < 1.29 is 27.8 Å². The van der Waals surface area contributed by atoms with E-state index >= 15 is 0 Å². The Bertz CT molecular complexity index is 563. The van der Waals surface area contributed by atoms with E-state index in [0.717, 1.165) is 45.1 Å². The lowest BCUT2D eigenvalue weighted by Gasteiger charge is -2.38. The molecule has 1 unspecified atom stereocenters. The van der Waals surface area contributed by atoms with Crippen molar-refractivity contribution in [3.05, 3.63) is 29.8 Å². The highest BCUT2D eigenvalue weighted by atomic mass is 19.4. The molecule has 1 heterocycles. The molecule has 140 valence electrons. The maximum absolute atomic E-state index is 12.6. The fraction of sp³-hybridized carbons (Fsp3) is 0.667. The van der Waals surface area contributed by atoms with Crippen LogP contribution in [0.4, 0.5) is 13.2 Å². The molecule has 3 rings (SSSR count). The minimum Gasteiger partial charge on any atom is -0.405 e. The third-order valence-corrected chi connectivity index (χ3v) is 5.22. The Morgan fingerprint density at radius 1 is 1.24 bits per heavy atom. The zero-order valence-electron chi connectivity index (χ0n) is 14.0. The molecule has 1 atom stereocenters. The summed E-state index contributed by atoms with van der Waals surface area (Å²) in [5.74, 6) is -0.270. The van der Waals surface area contributed by atoms with Crippen molar-refractivity contribution in [2.75, 3.05) is 13.2 Å². The average Bonchev–Trinajstić information content (AvgIpc) is 3.02. The summed E-state index contributed by atoms with van der Waals surface area (Å²) < 4.78 is 47.8. The molecule has 0 radical (unpaired) electrons. The molecule has 25 heavy (non-hydrogen) atoms. The minimum absolute atomic E-state index is 0.00416. The Hall–Kier alpha value is -1.31. The number of para-hydroxylation sites is 1. The summed E-state index contributed by atoms with van der Waals surface area (Å²) in [7, 11) is 0. The van der Waals surface area contributed by atoms with Crippen LogP contribution in [0.1, 0.15) is 50.1 Å². The van der Waals surface area contributed by atoms with Crippen LogP contribution in [0.15, 0.2) is 24.3 Å². The minimum atomic E-state index is -4.76. The van der Waals surface area contributed by atoms with Crippen LogP contribution >= 0.6 is 0 Å². The van der Waals surface area contributed by atoms with Crippen LogP contribution in [0.3, 0.4) is 0 Å². The van der Waals surface area contributed by atoms with Crippen molar-refractivity contribution in [1.82, 2.24) is 5.32 Å². The summed E-state index contributed by atoms with van der Waals surface area (Å²) in [5, 5.41) is 13.0. The van der Waals surface area contributed by atoms with Crippen molar-refractivity contribution in [2.24, 2.45) is 0 Å². The second kappa shape index (κ2) is 7.51. The number of ether oxygens (including phenoxy) is 2. The van der Waals surface area contributed by atoms with Crippen LogP contribution in [0.2, 0.25) is 0 Å². The van der Waals surface area contributed by atoms with Gasteiger partial charge in [0.25, 0.3) is 0 Å². The topological polar surface area (TPSA) is 50.7 Å². The lowest BCUT2D eigenvalue weighted by atomic mass is 9.80. The van der Waals surface area contributed by atoms with Gasteiger partial charge in [0.15, 0.2) is 0 Å². The van der Waals surface area contributed by atoms with Gasteiger partial charge in [0.2, 0.25) is 0 Å². The van der Waals surface area contributed by atoms with E-state index < -0.39 is 12.4 Å². The van der Waals surface area contributed by atoms with E-state index in [9.17, 15) is 18.3 Å². The van der Waals surface area contributed by atoms with Gasteiger partial charge >= 0.3 is 6.36 Å². The number of halogens is 3. The predicted molar refractivity (Wildman–Crippen MR) is 86.3 cm³/mol. The van der Waals surface area contributed by atoms with E-state index in [-0.39, 0.29) is 24.0 Å². The monoisotopic (exact) mass is 359 g/mol. The molecule has 1 saturated heterocycles. The lowest BCUT2D eigenvalue weighted by Crippen LogP contribution is -2.43. The fourth-order valence-electron chi connectivity index (χ4n) is 3.97. The van der Waals surface area contributed by atoms with E-state index in [0.29, 0.717) is 5.56 Å². The summed E-state index contributed by atoms with van der Waals surface area (Å²) in [6.07, 6.45) is 1.10. The van der Waals surface area contributed by atoms with Gasteiger partial charge in [-0.15, -0.1) is 13.2 Å². The van der Waals surface area contributed by atoms with Crippen molar-refractivity contribution >= 4 is 0 Å². The van der Waals surface area contributed by atoms with Gasteiger partial charge in [-0.1, -0.05) is 18.2 Å². The van der Waals surface area contributed by atoms with E-state index in [1.165, 1.54) is 12.1 Å². The first-order valence-electron chi connectivity index (χ1n) is 8.76. The molecule has 1 saturated carbocycles. The third kappa shape index (κ3) is 4.65. The molecule has 1 aliphatic carbocycles. The zero-order valence-corrected chi connectivity index (χ0v) is 14.0. The standard InChI is InChI=1S/C18H24F3NO3/c19-18(20,21)25-16-5-2-1-4-14(16)15(12-23)22-13-6-9-17(10-7-13)8-3-11-24-17/h1-2,4-5,13,15,22-23H,3,6-12H2. The number of nitrogens with one attached hydrogen (secondary N) is 1. The van der Waals surface area contributed by atoms with Gasteiger partial charge < -0.3 is 19.9 Å². The van der Waals surface area contributed by atoms with Crippen molar-refractivity contribution in [2.45, 2.75) is 62.6 Å². The summed E-state index contributed by atoms with van der Waals surface area (Å²) in [5.41, 5.74) is 0.323. The third-order valence-electron chi connectivity index (χ3n) is 5.22. The van der Waals surface area contributed by atoms with Gasteiger partial charge in [0, 0.05) is 18.2 Å². The maximum atomic E-state index is 12.6. The van der Waals surface area contributed by atoms with Gasteiger partial charge in [-0.05, 0) is 44.6 Å². The van der Waals surface area contributed by atoms with Gasteiger partial charge in [-0.2, -0.15) is 0 Å². The Morgan fingerprint density at radius 2 is 1.96 bits per heavy atom. The predicted octanol–water partition coefficient (Wildman–Crippen LogP) is 3.70. The molecule has 0 aromatic heterocycles. The van der Waals surface area contributed by atoms with Crippen molar-refractivity contribution in [1.29, 1.82) is 0 Å². The van der Waals surface area contributed by atoms with E-state index in [1.807, 2.05) is 0 Å². The van der Waals surface area contributed by atoms with Crippen LogP contribution < -0.4 is 10.1 Å².